The van der Waals surface area contributed by atoms with Crippen LogP contribution in [-0.4, -0.2) is 111 Å². The first kappa shape index (κ1) is 93.3. The number of esters is 2. The van der Waals surface area contributed by atoms with E-state index in [1.807, 2.05) is 0 Å². The minimum Gasteiger partial charge on any atom is -0.462 e. The number of carbonyl (C=O) groups excluding carboxylic acids is 4. The van der Waals surface area contributed by atoms with Crippen molar-refractivity contribution in [3.05, 3.63) is 48.6 Å². The molecule has 562 valence electrons. The maximum absolute atomic E-state index is 13.1. The third kappa shape index (κ3) is 72.6. The van der Waals surface area contributed by atoms with Crippen LogP contribution >= 0.6 is 15.6 Å². The van der Waals surface area contributed by atoms with Crippen molar-refractivity contribution in [2.75, 3.05) is 52.9 Å². The molecular weight excluding hydrogens is 1260 g/mol. The molecule has 0 aliphatic heterocycles. The van der Waals surface area contributed by atoms with Crippen LogP contribution in [0.25, 0.3) is 0 Å². The zero-order valence-electron chi connectivity index (χ0n) is 60.9. The second-order valence-corrected chi connectivity index (χ2v) is 29.1. The van der Waals surface area contributed by atoms with Crippen LogP contribution in [0.15, 0.2) is 48.6 Å². The van der Waals surface area contributed by atoms with Crippen molar-refractivity contribution in [3.63, 3.8) is 0 Å². The highest BCUT2D eigenvalue weighted by atomic mass is 31.2. The Hall–Kier alpha value is -2.66. The molecule has 0 amide bonds. The summed E-state index contributed by atoms with van der Waals surface area (Å²) in [6, 6.07) is 0. The van der Waals surface area contributed by atoms with E-state index in [4.69, 9.17) is 37.0 Å². The van der Waals surface area contributed by atoms with Crippen molar-refractivity contribution in [2.45, 2.75) is 366 Å². The zero-order valence-corrected chi connectivity index (χ0v) is 62.7. The number of phosphoric ester groups is 2. The number of allylic oxidation sites excluding steroid dienone is 8. The molecule has 0 spiro atoms. The van der Waals surface area contributed by atoms with Crippen LogP contribution in [0.4, 0.5) is 0 Å². The van der Waals surface area contributed by atoms with Gasteiger partial charge >= 0.3 is 27.6 Å². The van der Waals surface area contributed by atoms with E-state index in [1.54, 1.807) is 0 Å². The number of hydrogen-bond donors (Lipinski definition) is 3. The lowest BCUT2D eigenvalue weighted by Gasteiger charge is -2.21. The summed E-state index contributed by atoms with van der Waals surface area (Å²) >= 11 is 0. The average molecular weight is 1400 g/mol. The third-order valence-corrected chi connectivity index (χ3v) is 18.7. The standard InChI is InChI=1S/C77H142O17P2/c1-3-5-7-9-11-13-15-17-20-26-31-37-43-49-55-61-76(81)89-70-75(94-77(82)62-56-50-44-38-32-25-16-14-12-10-8-6-4-2)72-93-96(85,86)91-68-73(80)67-90-95(83,84)92-71-74(69-87-65-59-53-47-41-35-29-24-22-28-34-40-46-52-58-64-79)88-66-60-54-48-42-36-30-23-19-18-21-27-33-39-45-51-57-63-78/h13,15,17-18,20-22,24,63-64,73-75,80H,3-12,14,16,19,23,25-62,65-72H2,1-2H3,(H,83,84)(H,85,86)/b15-13-,20-17-,21-18-,24-22-/t73-,74-,75-/m1/s1. The first-order valence-electron chi connectivity index (χ1n) is 38.8. The largest absolute Gasteiger partial charge is 0.472 e. The lowest BCUT2D eigenvalue weighted by atomic mass is 10.0. The fraction of sp³-hybridized carbons (Fsp3) is 0.844. The molecule has 17 nitrogen and oxygen atoms in total. The highest BCUT2D eigenvalue weighted by Gasteiger charge is 2.30. The highest BCUT2D eigenvalue weighted by Crippen LogP contribution is 2.45. The Morgan fingerprint density at radius 1 is 0.344 bits per heavy atom. The summed E-state index contributed by atoms with van der Waals surface area (Å²) < 4.78 is 69.9. The molecule has 0 bridgehead atoms. The van der Waals surface area contributed by atoms with Crippen molar-refractivity contribution < 1.29 is 80.2 Å². The Morgan fingerprint density at radius 2 is 0.656 bits per heavy atom. The van der Waals surface area contributed by atoms with E-state index in [0.29, 0.717) is 38.9 Å². The molecule has 5 atom stereocenters. The number of aldehydes is 2. The molecule has 0 aromatic rings. The van der Waals surface area contributed by atoms with Gasteiger partial charge in [0.15, 0.2) is 6.10 Å². The number of phosphoric acid groups is 2. The van der Waals surface area contributed by atoms with Crippen LogP contribution in [0.2, 0.25) is 0 Å². The predicted molar refractivity (Wildman–Crippen MR) is 391 cm³/mol. The smallest absolute Gasteiger partial charge is 0.462 e. The van der Waals surface area contributed by atoms with Gasteiger partial charge in [-0.1, -0.05) is 255 Å². The van der Waals surface area contributed by atoms with Gasteiger partial charge < -0.3 is 43.4 Å². The van der Waals surface area contributed by atoms with Gasteiger partial charge in [0.1, 0.15) is 31.4 Å². The van der Waals surface area contributed by atoms with E-state index in [9.17, 15) is 43.2 Å². The van der Waals surface area contributed by atoms with E-state index >= 15 is 0 Å². The van der Waals surface area contributed by atoms with Crippen LogP contribution in [0, 0.1) is 0 Å². The summed E-state index contributed by atoms with van der Waals surface area (Å²) in [6.07, 6.45) is 70.7. The van der Waals surface area contributed by atoms with Gasteiger partial charge in [0.25, 0.3) is 0 Å². The Morgan fingerprint density at radius 3 is 1.06 bits per heavy atom. The lowest BCUT2D eigenvalue weighted by Crippen LogP contribution is -2.30. The van der Waals surface area contributed by atoms with Gasteiger partial charge in [-0.15, -0.1) is 0 Å². The second-order valence-electron chi connectivity index (χ2n) is 26.2. The maximum atomic E-state index is 13.1. The van der Waals surface area contributed by atoms with Crippen molar-refractivity contribution in [1.29, 1.82) is 0 Å². The number of unbranched alkanes of at least 4 members (excludes halogenated alkanes) is 43. The van der Waals surface area contributed by atoms with Gasteiger partial charge in [-0.3, -0.25) is 27.7 Å². The topological polar surface area (TPSA) is 237 Å². The fourth-order valence-electron chi connectivity index (χ4n) is 10.9. The molecule has 0 rings (SSSR count). The number of aliphatic hydroxyl groups excluding tert-OH is 1. The fourth-order valence-corrected chi connectivity index (χ4v) is 12.4. The van der Waals surface area contributed by atoms with E-state index in [1.165, 1.54) is 116 Å². The number of carbonyl (C=O) groups is 4. The molecule has 0 saturated heterocycles. The average Bonchev–Trinajstić information content (AvgIpc) is 1.70. The molecule has 19 heteroatoms. The van der Waals surface area contributed by atoms with Gasteiger partial charge in [-0.2, -0.15) is 0 Å². The van der Waals surface area contributed by atoms with E-state index in [-0.39, 0.29) is 26.1 Å². The maximum Gasteiger partial charge on any atom is 0.472 e. The van der Waals surface area contributed by atoms with Crippen molar-refractivity contribution >= 4 is 40.2 Å². The van der Waals surface area contributed by atoms with Crippen molar-refractivity contribution in [3.8, 4) is 0 Å². The van der Waals surface area contributed by atoms with E-state index in [2.05, 4.69) is 62.5 Å². The van der Waals surface area contributed by atoms with Gasteiger partial charge in [0, 0.05) is 38.9 Å². The van der Waals surface area contributed by atoms with Gasteiger partial charge in [0.2, 0.25) is 0 Å². The molecule has 96 heavy (non-hydrogen) atoms. The summed E-state index contributed by atoms with van der Waals surface area (Å²) in [6.45, 7) is 2.52. The summed E-state index contributed by atoms with van der Waals surface area (Å²) in [5, 5.41) is 10.6. The molecule has 3 N–H and O–H groups in total. The molecule has 0 heterocycles. The molecule has 0 aliphatic carbocycles. The number of aliphatic hydroxyl groups is 1. The molecule has 0 radical (unpaired) electrons. The summed E-state index contributed by atoms with van der Waals surface area (Å²) in [7, 11) is -9.67. The summed E-state index contributed by atoms with van der Waals surface area (Å²) in [5.74, 6) is -1.04. The van der Waals surface area contributed by atoms with E-state index in [0.717, 1.165) is 192 Å². The van der Waals surface area contributed by atoms with Gasteiger partial charge in [0.05, 0.1) is 33.0 Å². The minimum absolute atomic E-state index is 0.120. The Balaban J connectivity index is 5.18. The second kappa shape index (κ2) is 73.6. The van der Waals surface area contributed by atoms with Crippen LogP contribution in [0.1, 0.15) is 348 Å². The zero-order chi connectivity index (χ0) is 70.0. The first-order valence-corrected chi connectivity index (χ1v) is 41.8. The third-order valence-electron chi connectivity index (χ3n) is 16.8. The van der Waals surface area contributed by atoms with Gasteiger partial charge in [-0.05, 0) is 116 Å². The van der Waals surface area contributed by atoms with Crippen LogP contribution < -0.4 is 0 Å². The molecular formula is C77H142O17P2. The molecule has 0 saturated carbocycles. The molecule has 0 fully saturated rings. The van der Waals surface area contributed by atoms with Crippen LogP contribution in [0.3, 0.4) is 0 Å². The minimum atomic E-state index is -4.91. The lowest BCUT2D eigenvalue weighted by molar-refractivity contribution is -0.161. The normalized spacial score (nSPS) is 14.3. The molecule has 0 aliphatic rings. The Labute approximate surface area is 585 Å². The monoisotopic (exact) mass is 1400 g/mol. The number of ether oxygens (including phenoxy) is 4. The summed E-state index contributed by atoms with van der Waals surface area (Å²) in [4.78, 5) is 68.0. The molecule has 0 aromatic carbocycles. The van der Waals surface area contributed by atoms with Crippen molar-refractivity contribution in [1.82, 2.24) is 0 Å². The summed E-state index contributed by atoms with van der Waals surface area (Å²) in [5.41, 5.74) is 0. The predicted octanol–water partition coefficient (Wildman–Crippen LogP) is 21.4. The van der Waals surface area contributed by atoms with Crippen molar-refractivity contribution in [2.24, 2.45) is 0 Å². The van der Waals surface area contributed by atoms with Crippen LogP contribution in [-0.2, 0) is 65.4 Å². The molecule has 2 unspecified atom stereocenters. The van der Waals surface area contributed by atoms with Gasteiger partial charge in [-0.25, -0.2) is 9.13 Å². The Bertz CT molecular complexity index is 1950. The Kier molecular flexibility index (Phi) is 71.5. The molecule has 0 aromatic heterocycles. The first-order chi connectivity index (χ1) is 46.9. The number of hydrogen-bond acceptors (Lipinski definition) is 15. The quantitative estimate of drug-likeness (QED) is 0.0128. The number of rotatable bonds is 78. The SMILES string of the molecule is CCCCCC/C=C\C=C/CCCCCCCC(=O)OC[C@H](COP(=O)(O)OC[C@H](O)COP(=O)(O)OC[C@@H](COCCCCCCC/C=C\CCCCCCC=O)OCCCCCCCCC/C=C\CCCCCCC=O)OC(=O)CCCCCCCCCCCCCCC. The highest BCUT2D eigenvalue weighted by molar-refractivity contribution is 7.47. The van der Waals surface area contributed by atoms with Crippen LogP contribution in [0.5, 0.6) is 0 Å². The van der Waals surface area contributed by atoms with E-state index < -0.39 is 72.3 Å².